The average molecular weight is 368 g/mol. The maximum Gasteiger partial charge on any atom is 0.319 e. The van der Waals surface area contributed by atoms with Crippen LogP contribution in [0.25, 0.3) is 0 Å². The fourth-order valence-corrected chi connectivity index (χ4v) is 2.98. The largest absolute Gasteiger partial charge is 0.335 e. The van der Waals surface area contributed by atoms with E-state index in [2.05, 4.69) is 10.6 Å². The van der Waals surface area contributed by atoms with E-state index in [0.717, 1.165) is 5.56 Å². The summed E-state index contributed by atoms with van der Waals surface area (Å²) in [5, 5.41) is 11.1. The Balaban J connectivity index is 1.95. The zero-order valence-electron chi connectivity index (χ0n) is 13.0. The number of hydrogen-bond donors (Lipinski definition) is 3. The van der Waals surface area contributed by atoms with Crippen LogP contribution in [0.1, 0.15) is 12.5 Å². The predicted molar refractivity (Wildman–Crippen MR) is 94.6 cm³/mol. The number of urea groups is 1. The highest BCUT2D eigenvalue weighted by atomic mass is 35.5. The third-order valence-corrected chi connectivity index (χ3v) is 4.37. The number of nitrogens with one attached hydrogen (secondary N) is 2. The summed E-state index contributed by atoms with van der Waals surface area (Å²) >= 11 is 5.93. The lowest BCUT2D eigenvalue weighted by Crippen LogP contribution is -2.37. The van der Waals surface area contributed by atoms with Gasteiger partial charge in [-0.15, -0.1) is 0 Å². The third-order valence-electron chi connectivity index (χ3n) is 3.23. The molecule has 24 heavy (non-hydrogen) atoms. The second kappa shape index (κ2) is 7.65. The number of anilines is 1. The quantitative estimate of drug-likeness (QED) is 0.757. The van der Waals surface area contributed by atoms with Crippen molar-refractivity contribution in [1.82, 2.24) is 5.32 Å². The molecule has 0 bridgehead atoms. The first-order valence-corrected chi connectivity index (χ1v) is 9.11. The second-order valence-corrected chi connectivity index (χ2v) is 7.40. The summed E-state index contributed by atoms with van der Waals surface area (Å²) < 4.78 is 22.6. The van der Waals surface area contributed by atoms with Gasteiger partial charge in [-0.3, -0.25) is 0 Å². The van der Waals surface area contributed by atoms with Gasteiger partial charge in [0.2, 0.25) is 10.0 Å². The molecule has 0 aliphatic carbocycles. The molecular weight excluding hydrogens is 350 g/mol. The van der Waals surface area contributed by atoms with Gasteiger partial charge in [0, 0.05) is 16.8 Å². The Bertz CT molecular complexity index is 840. The lowest BCUT2D eigenvalue weighted by atomic mass is 10.1. The fourth-order valence-electron chi connectivity index (χ4n) is 2.21. The number of carbonyl (C=O) groups is 1. The predicted octanol–water partition coefficient (Wildman–Crippen LogP) is 2.74. The van der Waals surface area contributed by atoms with Crippen molar-refractivity contribution in [2.75, 3.05) is 5.32 Å². The molecule has 1 unspecified atom stereocenters. The maximum absolute atomic E-state index is 12.0. The van der Waals surface area contributed by atoms with Crippen molar-refractivity contribution in [2.24, 2.45) is 5.14 Å². The van der Waals surface area contributed by atoms with E-state index in [0.29, 0.717) is 17.1 Å². The molecule has 2 aromatic carbocycles. The molecule has 0 aromatic heterocycles. The zero-order valence-corrected chi connectivity index (χ0v) is 14.6. The van der Waals surface area contributed by atoms with Gasteiger partial charge in [-0.05, 0) is 49.2 Å². The van der Waals surface area contributed by atoms with E-state index in [1.165, 1.54) is 18.2 Å². The van der Waals surface area contributed by atoms with Gasteiger partial charge in [-0.25, -0.2) is 18.4 Å². The summed E-state index contributed by atoms with van der Waals surface area (Å²) in [6, 6.07) is 12.6. The van der Waals surface area contributed by atoms with E-state index in [1.54, 1.807) is 12.1 Å². The molecule has 0 heterocycles. The summed E-state index contributed by atoms with van der Waals surface area (Å²) in [4.78, 5) is 11.9. The Morgan fingerprint density at radius 3 is 2.58 bits per heavy atom. The molecule has 0 radical (unpaired) electrons. The van der Waals surface area contributed by atoms with Crippen molar-refractivity contribution in [3.05, 3.63) is 59.1 Å². The smallest absolute Gasteiger partial charge is 0.319 e. The van der Waals surface area contributed by atoms with Crippen molar-refractivity contribution >= 4 is 33.3 Å². The van der Waals surface area contributed by atoms with Crippen LogP contribution in [0.15, 0.2) is 53.4 Å². The molecule has 6 nitrogen and oxygen atoms in total. The Labute approximate surface area is 146 Å². The number of amides is 2. The molecule has 0 fully saturated rings. The van der Waals surface area contributed by atoms with Crippen molar-refractivity contribution in [1.29, 1.82) is 0 Å². The first-order valence-electron chi connectivity index (χ1n) is 7.19. The maximum atomic E-state index is 12.0. The molecule has 8 heteroatoms. The summed E-state index contributed by atoms with van der Waals surface area (Å²) in [5.74, 6) is 0. The van der Waals surface area contributed by atoms with Crippen molar-refractivity contribution in [3.63, 3.8) is 0 Å². The molecule has 2 rings (SSSR count). The first kappa shape index (κ1) is 18.3. The molecule has 0 saturated heterocycles. The molecule has 1 atom stereocenters. The Morgan fingerprint density at radius 1 is 1.21 bits per heavy atom. The Morgan fingerprint density at radius 2 is 1.92 bits per heavy atom. The number of benzene rings is 2. The van der Waals surface area contributed by atoms with Crippen LogP contribution in [0.3, 0.4) is 0 Å². The number of rotatable bonds is 5. The van der Waals surface area contributed by atoms with Crippen LogP contribution >= 0.6 is 11.6 Å². The van der Waals surface area contributed by atoms with Crippen molar-refractivity contribution in [2.45, 2.75) is 24.3 Å². The first-order chi connectivity index (χ1) is 11.2. The minimum atomic E-state index is -3.81. The number of nitrogens with two attached hydrogens (primary N) is 1. The second-order valence-electron chi connectivity index (χ2n) is 5.41. The molecule has 4 N–H and O–H groups in total. The van der Waals surface area contributed by atoms with Gasteiger partial charge < -0.3 is 10.6 Å². The van der Waals surface area contributed by atoms with Crippen LogP contribution < -0.4 is 15.8 Å². The van der Waals surface area contributed by atoms with Gasteiger partial charge in [-0.2, -0.15) is 0 Å². The molecule has 0 aliphatic rings. The van der Waals surface area contributed by atoms with Gasteiger partial charge in [0.15, 0.2) is 0 Å². The van der Waals surface area contributed by atoms with E-state index in [-0.39, 0.29) is 10.9 Å². The molecule has 2 aromatic rings. The normalized spacial score (nSPS) is 12.5. The molecule has 2 amide bonds. The van der Waals surface area contributed by atoms with Gasteiger partial charge in [0.25, 0.3) is 0 Å². The summed E-state index contributed by atoms with van der Waals surface area (Å²) in [6.45, 7) is 1.86. The number of hydrogen-bond acceptors (Lipinski definition) is 3. The molecule has 0 aliphatic heterocycles. The molecule has 0 spiro atoms. The SMILES string of the molecule is CC(Cc1cccc(Cl)c1)NC(=O)Nc1cccc(S(N)(=O)=O)c1. The van der Waals surface area contributed by atoms with Crippen LogP contribution in [0.4, 0.5) is 10.5 Å². The van der Waals surface area contributed by atoms with Gasteiger partial charge in [0.05, 0.1) is 4.90 Å². The van der Waals surface area contributed by atoms with Crippen LogP contribution in [0.2, 0.25) is 5.02 Å². The van der Waals surface area contributed by atoms with Crippen molar-refractivity contribution < 1.29 is 13.2 Å². The van der Waals surface area contributed by atoms with Crippen LogP contribution in [-0.2, 0) is 16.4 Å². The Hall–Kier alpha value is -2.09. The van der Waals surface area contributed by atoms with E-state index >= 15 is 0 Å². The standard InChI is InChI=1S/C16H18ClN3O3S/c1-11(8-12-4-2-5-13(17)9-12)19-16(21)20-14-6-3-7-15(10-14)24(18,22)23/h2-7,9-11H,8H2,1H3,(H2,18,22,23)(H2,19,20,21). The van der Waals surface area contributed by atoms with E-state index in [1.807, 2.05) is 25.1 Å². The number of halogens is 1. The summed E-state index contributed by atoms with van der Waals surface area (Å²) in [5.41, 5.74) is 1.35. The monoisotopic (exact) mass is 367 g/mol. The molecular formula is C16H18ClN3O3S. The highest BCUT2D eigenvalue weighted by Gasteiger charge is 2.11. The van der Waals surface area contributed by atoms with Gasteiger partial charge in [0.1, 0.15) is 0 Å². The molecule has 0 saturated carbocycles. The number of carbonyl (C=O) groups excluding carboxylic acids is 1. The number of sulfonamides is 1. The van der Waals surface area contributed by atoms with Crippen LogP contribution in [0, 0.1) is 0 Å². The van der Waals surface area contributed by atoms with E-state index in [4.69, 9.17) is 16.7 Å². The minimum Gasteiger partial charge on any atom is -0.335 e. The fraction of sp³-hybridized carbons (Fsp3) is 0.188. The lowest BCUT2D eigenvalue weighted by molar-refractivity contribution is 0.249. The van der Waals surface area contributed by atoms with E-state index < -0.39 is 16.1 Å². The van der Waals surface area contributed by atoms with Gasteiger partial charge >= 0.3 is 6.03 Å². The summed E-state index contributed by atoms with van der Waals surface area (Å²) in [6.07, 6.45) is 0.616. The average Bonchev–Trinajstić information content (AvgIpc) is 2.46. The minimum absolute atomic E-state index is 0.0627. The van der Waals surface area contributed by atoms with E-state index in [9.17, 15) is 13.2 Å². The highest BCUT2D eigenvalue weighted by Crippen LogP contribution is 2.15. The van der Waals surface area contributed by atoms with Gasteiger partial charge in [-0.1, -0.05) is 29.8 Å². The Kier molecular flexibility index (Phi) is 5.82. The zero-order chi connectivity index (χ0) is 17.7. The number of primary sulfonamides is 1. The van der Waals surface area contributed by atoms with Crippen LogP contribution in [0.5, 0.6) is 0 Å². The lowest BCUT2D eigenvalue weighted by Gasteiger charge is -2.15. The molecule has 128 valence electrons. The van der Waals surface area contributed by atoms with Crippen LogP contribution in [-0.4, -0.2) is 20.5 Å². The third kappa shape index (κ3) is 5.52. The highest BCUT2D eigenvalue weighted by molar-refractivity contribution is 7.89. The van der Waals surface area contributed by atoms with Crippen molar-refractivity contribution in [3.8, 4) is 0 Å². The summed E-state index contributed by atoms with van der Waals surface area (Å²) in [7, 11) is -3.81. The topological polar surface area (TPSA) is 101 Å².